The van der Waals surface area contributed by atoms with Crippen LogP contribution in [0.4, 0.5) is 8.78 Å². The maximum Gasteiger partial charge on any atom is 0.290 e. The molecule has 2 aromatic rings. The van der Waals surface area contributed by atoms with Gasteiger partial charge in [-0.15, -0.1) is 0 Å². The van der Waals surface area contributed by atoms with Crippen LogP contribution >= 0.6 is 0 Å². The van der Waals surface area contributed by atoms with E-state index in [1.165, 1.54) is 0 Å². The third-order valence-electron chi connectivity index (χ3n) is 3.75. The van der Waals surface area contributed by atoms with Crippen molar-refractivity contribution in [2.24, 2.45) is 7.05 Å². The Morgan fingerprint density at radius 3 is 2.83 bits per heavy atom. The first-order valence-corrected chi connectivity index (χ1v) is 6.26. The van der Waals surface area contributed by atoms with Gasteiger partial charge in [-0.1, -0.05) is 18.2 Å². The average molecular weight is 250 g/mol. The van der Waals surface area contributed by atoms with Gasteiger partial charge in [-0.3, -0.25) is 0 Å². The predicted molar refractivity (Wildman–Crippen MR) is 67.8 cm³/mol. The van der Waals surface area contributed by atoms with E-state index in [-0.39, 0.29) is 5.56 Å². The molecule has 1 saturated heterocycles. The fourth-order valence-corrected chi connectivity index (χ4v) is 2.79. The Balaban J connectivity index is 2.13. The van der Waals surface area contributed by atoms with Crippen molar-refractivity contribution in [3.8, 4) is 0 Å². The molecule has 1 aromatic heterocycles. The van der Waals surface area contributed by atoms with E-state index in [0.717, 1.165) is 11.9 Å². The minimum absolute atomic E-state index is 0.139. The Kier molecular flexibility index (Phi) is 2.63. The van der Waals surface area contributed by atoms with Crippen molar-refractivity contribution in [1.29, 1.82) is 0 Å². The van der Waals surface area contributed by atoms with E-state index in [0.29, 0.717) is 18.4 Å². The first kappa shape index (κ1) is 11.7. The average Bonchev–Trinajstić information content (AvgIpc) is 2.98. The number of para-hydroxylation sites is 1. The second-order valence-electron chi connectivity index (χ2n) is 4.94. The zero-order valence-electron chi connectivity index (χ0n) is 10.3. The van der Waals surface area contributed by atoms with Crippen LogP contribution in [0, 0.1) is 0 Å². The molecule has 1 atom stereocenters. The third-order valence-corrected chi connectivity index (χ3v) is 3.75. The van der Waals surface area contributed by atoms with E-state index in [4.69, 9.17) is 0 Å². The monoisotopic (exact) mass is 250 g/mol. The van der Waals surface area contributed by atoms with Gasteiger partial charge in [0.15, 0.2) is 0 Å². The van der Waals surface area contributed by atoms with Crippen LogP contribution in [0.3, 0.4) is 0 Å². The van der Waals surface area contributed by atoms with E-state index >= 15 is 0 Å². The Morgan fingerprint density at radius 1 is 1.33 bits per heavy atom. The van der Waals surface area contributed by atoms with Crippen LogP contribution in [0.15, 0.2) is 30.5 Å². The second-order valence-corrected chi connectivity index (χ2v) is 4.94. The van der Waals surface area contributed by atoms with Crippen molar-refractivity contribution < 1.29 is 8.78 Å². The number of aromatic nitrogens is 1. The van der Waals surface area contributed by atoms with Gasteiger partial charge in [-0.05, 0) is 25.5 Å². The summed E-state index contributed by atoms with van der Waals surface area (Å²) in [6, 6.07) is 6.59. The molecule has 0 aliphatic carbocycles. The molecule has 0 amide bonds. The van der Waals surface area contributed by atoms with E-state index < -0.39 is 12.0 Å². The summed E-state index contributed by atoms with van der Waals surface area (Å²) >= 11 is 0. The van der Waals surface area contributed by atoms with Gasteiger partial charge >= 0.3 is 0 Å². The molecule has 0 spiro atoms. The highest BCUT2D eigenvalue weighted by molar-refractivity contribution is 5.84. The van der Waals surface area contributed by atoms with Crippen LogP contribution in [0.25, 0.3) is 10.9 Å². The van der Waals surface area contributed by atoms with E-state index in [9.17, 15) is 8.78 Å². The SMILES string of the molecule is Cn1cc(C(F)(F)C2CCCN2)c2ccccc21. The number of hydrogen-bond donors (Lipinski definition) is 1. The van der Waals surface area contributed by atoms with Crippen LogP contribution in [0.1, 0.15) is 18.4 Å². The maximum absolute atomic E-state index is 14.5. The van der Waals surface area contributed by atoms with Crippen LogP contribution in [0.2, 0.25) is 0 Å². The highest BCUT2D eigenvalue weighted by atomic mass is 19.3. The predicted octanol–water partition coefficient (Wildman–Crippen LogP) is 3.02. The molecule has 0 saturated carbocycles. The van der Waals surface area contributed by atoms with E-state index in [1.807, 2.05) is 25.2 Å². The van der Waals surface area contributed by atoms with Gasteiger partial charge in [0.05, 0.1) is 6.04 Å². The molecule has 1 N–H and O–H groups in total. The molecule has 4 heteroatoms. The molecule has 1 aliphatic heterocycles. The lowest BCUT2D eigenvalue weighted by Gasteiger charge is -2.23. The summed E-state index contributed by atoms with van der Waals surface area (Å²) in [6.07, 6.45) is 2.92. The maximum atomic E-state index is 14.5. The fourth-order valence-electron chi connectivity index (χ4n) is 2.79. The van der Waals surface area contributed by atoms with Crippen LogP contribution < -0.4 is 5.32 Å². The Morgan fingerprint density at radius 2 is 2.11 bits per heavy atom. The number of benzene rings is 1. The minimum atomic E-state index is -2.81. The molecule has 0 radical (unpaired) electrons. The number of nitrogens with one attached hydrogen (secondary N) is 1. The van der Waals surface area contributed by atoms with Crippen molar-refractivity contribution in [2.45, 2.75) is 24.8 Å². The zero-order valence-corrected chi connectivity index (χ0v) is 10.3. The summed E-state index contributed by atoms with van der Waals surface area (Å²) in [7, 11) is 1.81. The molecule has 96 valence electrons. The minimum Gasteiger partial charge on any atom is -0.350 e. The molecule has 2 heterocycles. The third kappa shape index (κ3) is 1.63. The lowest BCUT2D eigenvalue weighted by molar-refractivity contribution is -0.0363. The zero-order chi connectivity index (χ0) is 12.8. The Hall–Kier alpha value is -1.42. The number of nitrogens with zero attached hydrogens (tertiary/aromatic N) is 1. The van der Waals surface area contributed by atoms with E-state index in [1.54, 1.807) is 16.8 Å². The number of fused-ring (bicyclic) bond motifs is 1. The Bertz CT molecular complexity index is 568. The topological polar surface area (TPSA) is 17.0 Å². The number of alkyl halides is 2. The first-order valence-electron chi connectivity index (χ1n) is 6.26. The molecule has 1 aliphatic rings. The fraction of sp³-hybridized carbons (Fsp3) is 0.429. The molecule has 3 rings (SSSR count). The summed E-state index contributed by atoms with van der Waals surface area (Å²) in [4.78, 5) is 0. The van der Waals surface area contributed by atoms with Crippen LogP contribution in [-0.2, 0) is 13.0 Å². The molecule has 18 heavy (non-hydrogen) atoms. The Labute approximate surface area is 105 Å². The highest BCUT2D eigenvalue weighted by Crippen LogP contribution is 2.39. The van der Waals surface area contributed by atoms with Crippen LogP contribution in [0.5, 0.6) is 0 Å². The van der Waals surface area contributed by atoms with Gasteiger partial charge in [0.2, 0.25) is 0 Å². The number of rotatable bonds is 2. The molecule has 1 fully saturated rings. The molecular weight excluding hydrogens is 234 g/mol. The van der Waals surface area contributed by atoms with Gasteiger partial charge in [0.1, 0.15) is 0 Å². The summed E-state index contributed by atoms with van der Waals surface area (Å²) in [5.74, 6) is -2.81. The number of aryl methyl sites for hydroxylation is 1. The van der Waals surface area contributed by atoms with Gasteiger partial charge in [0, 0.05) is 29.7 Å². The van der Waals surface area contributed by atoms with Gasteiger partial charge in [-0.2, -0.15) is 8.78 Å². The molecular formula is C14H16F2N2. The van der Waals surface area contributed by atoms with E-state index in [2.05, 4.69) is 5.32 Å². The number of hydrogen-bond acceptors (Lipinski definition) is 1. The molecule has 1 aromatic carbocycles. The normalized spacial score (nSPS) is 20.7. The largest absolute Gasteiger partial charge is 0.350 e. The highest BCUT2D eigenvalue weighted by Gasteiger charge is 2.44. The summed E-state index contributed by atoms with van der Waals surface area (Å²) in [5.41, 5.74) is 0.991. The summed E-state index contributed by atoms with van der Waals surface area (Å²) in [5, 5.41) is 3.56. The van der Waals surface area contributed by atoms with Gasteiger partial charge < -0.3 is 9.88 Å². The van der Waals surface area contributed by atoms with Gasteiger partial charge in [0.25, 0.3) is 5.92 Å². The van der Waals surface area contributed by atoms with Crippen molar-refractivity contribution in [2.75, 3.05) is 6.54 Å². The van der Waals surface area contributed by atoms with Crippen LogP contribution in [-0.4, -0.2) is 17.2 Å². The van der Waals surface area contributed by atoms with Crippen molar-refractivity contribution in [1.82, 2.24) is 9.88 Å². The summed E-state index contributed by atoms with van der Waals surface area (Å²) < 4.78 is 30.8. The summed E-state index contributed by atoms with van der Waals surface area (Å²) in [6.45, 7) is 0.686. The van der Waals surface area contributed by atoms with Gasteiger partial charge in [-0.25, -0.2) is 0 Å². The number of halogens is 2. The molecule has 2 nitrogen and oxygen atoms in total. The second kappa shape index (κ2) is 4.05. The first-order chi connectivity index (χ1) is 8.60. The molecule has 0 bridgehead atoms. The standard InChI is InChI=1S/C14H16F2N2/c1-18-9-11(10-5-2-3-6-12(10)18)14(15,16)13-7-4-8-17-13/h2-3,5-6,9,13,17H,4,7-8H2,1H3. The lowest BCUT2D eigenvalue weighted by atomic mass is 9.99. The van der Waals surface area contributed by atoms with Crippen molar-refractivity contribution in [3.63, 3.8) is 0 Å². The smallest absolute Gasteiger partial charge is 0.290 e. The van der Waals surface area contributed by atoms with Crippen molar-refractivity contribution in [3.05, 3.63) is 36.0 Å². The lowest BCUT2D eigenvalue weighted by Crippen LogP contribution is -2.38. The molecule has 1 unspecified atom stereocenters. The van der Waals surface area contributed by atoms with Crippen molar-refractivity contribution >= 4 is 10.9 Å². The quantitative estimate of drug-likeness (QED) is 0.867.